The van der Waals surface area contributed by atoms with E-state index in [1.165, 1.54) is 17.8 Å². The second-order valence-electron chi connectivity index (χ2n) is 6.32. The number of piperazine rings is 1. The first-order chi connectivity index (χ1) is 11.7. The molecule has 4 rings (SSSR count). The molecule has 2 aromatic carbocycles. The average Bonchev–Trinajstić information content (AvgIpc) is 2.91. The molecule has 1 heterocycles. The number of hydrogen-bond acceptors (Lipinski definition) is 3. The molecule has 1 fully saturated rings. The summed E-state index contributed by atoms with van der Waals surface area (Å²) in [6.45, 7) is 3.64. The molecule has 2 aromatic rings. The van der Waals surface area contributed by atoms with E-state index in [9.17, 15) is 9.18 Å². The van der Waals surface area contributed by atoms with Crippen LogP contribution in [0.5, 0.6) is 0 Å². The largest absolute Gasteiger partial charge is 0.373 e. The molecule has 0 radical (unpaired) electrons. The van der Waals surface area contributed by atoms with Crippen LogP contribution in [0.2, 0.25) is 0 Å². The molecule has 1 saturated heterocycles. The third kappa shape index (κ3) is 2.80. The summed E-state index contributed by atoms with van der Waals surface area (Å²) in [6.07, 6.45) is 2.51. The van der Waals surface area contributed by atoms with Gasteiger partial charge in [0.2, 0.25) is 0 Å². The summed E-state index contributed by atoms with van der Waals surface area (Å²) in [5, 5.41) is 0. The molecule has 1 aliphatic carbocycles. The van der Waals surface area contributed by atoms with Gasteiger partial charge in [0.15, 0.2) is 5.78 Å². The molecule has 0 bridgehead atoms. The number of rotatable bonds is 2. The van der Waals surface area contributed by atoms with E-state index >= 15 is 0 Å². The molecule has 0 spiro atoms. The molecule has 0 atom stereocenters. The predicted molar refractivity (Wildman–Crippen MR) is 92.7 cm³/mol. The zero-order chi connectivity index (χ0) is 16.5. The Hall–Kier alpha value is -2.62. The zero-order valence-corrected chi connectivity index (χ0v) is 13.4. The molecule has 0 N–H and O–H groups in total. The van der Waals surface area contributed by atoms with Gasteiger partial charge in [-0.15, -0.1) is 0 Å². The van der Waals surface area contributed by atoms with Crippen LogP contribution >= 0.6 is 0 Å². The molecule has 3 nitrogen and oxygen atoms in total. The van der Waals surface area contributed by atoms with E-state index in [2.05, 4.69) is 34.1 Å². The maximum Gasteiger partial charge on any atom is 0.191 e. The minimum Gasteiger partial charge on any atom is -0.373 e. The zero-order valence-electron chi connectivity index (χ0n) is 13.4. The van der Waals surface area contributed by atoms with Crippen LogP contribution in [0.4, 0.5) is 10.1 Å². The first-order valence-corrected chi connectivity index (χ1v) is 8.28. The molecule has 0 aromatic heterocycles. The molecule has 0 unspecified atom stereocenters. The van der Waals surface area contributed by atoms with Crippen molar-refractivity contribution in [1.29, 1.82) is 0 Å². The van der Waals surface area contributed by atoms with Gasteiger partial charge in [0, 0.05) is 55.6 Å². The van der Waals surface area contributed by atoms with Crippen LogP contribution in [0.25, 0.3) is 0 Å². The number of para-hydroxylation sites is 1. The second kappa shape index (κ2) is 6.11. The van der Waals surface area contributed by atoms with Crippen molar-refractivity contribution >= 4 is 11.5 Å². The van der Waals surface area contributed by atoms with Crippen LogP contribution in [0.15, 0.2) is 60.3 Å². The fraction of sp³-hybridized carbons (Fsp3) is 0.250. The molecular weight excluding hydrogens is 303 g/mol. The highest BCUT2D eigenvalue weighted by atomic mass is 19.1. The summed E-state index contributed by atoms with van der Waals surface area (Å²) in [5.41, 5.74) is 3.45. The number of allylic oxidation sites excluding steroid dienone is 1. The van der Waals surface area contributed by atoms with E-state index in [1.807, 2.05) is 12.3 Å². The topological polar surface area (TPSA) is 23.6 Å². The van der Waals surface area contributed by atoms with E-state index in [-0.39, 0.29) is 11.6 Å². The number of Topliss-reactive ketones (excluding diaryl/α,β-unsaturated/α-hetero) is 1. The molecular formula is C20H19FN2O. The van der Waals surface area contributed by atoms with Crippen molar-refractivity contribution in [2.75, 3.05) is 31.1 Å². The van der Waals surface area contributed by atoms with Crippen LogP contribution < -0.4 is 4.90 Å². The maximum absolute atomic E-state index is 13.3. The molecule has 0 saturated carbocycles. The third-order valence-corrected chi connectivity index (χ3v) is 4.76. The Morgan fingerprint density at radius 2 is 1.71 bits per heavy atom. The second-order valence-corrected chi connectivity index (χ2v) is 6.32. The standard InChI is InChI=1S/C20H19FN2O/c21-17-6-7-19-15(13-17)12-16(20(19)24)14-22-8-10-23(11-9-22)18-4-2-1-3-5-18/h1-7,13-14H,8-12H2/b16-14+. The molecule has 1 aliphatic heterocycles. The minimum atomic E-state index is -0.278. The number of anilines is 1. The van der Waals surface area contributed by atoms with Gasteiger partial charge in [0.1, 0.15) is 5.82 Å². The highest BCUT2D eigenvalue weighted by Crippen LogP contribution is 2.27. The highest BCUT2D eigenvalue weighted by molar-refractivity contribution is 6.13. The summed E-state index contributed by atoms with van der Waals surface area (Å²) in [4.78, 5) is 17.0. The Morgan fingerprint density at radius 3 is 2.46 bits per heavy atom. The van der Waals surface area contributed by atoms with Crippen LogP contribution in [0.3, 0.4) is 0 Å². The van der Waals surface area contributed by atoms with E-state index in [0.29, 0.717) is 12.0 Å². The van der Waals surface area contributed by atoms with Gasteiger partial charge >= 0.3 is 0 Å². The number of hydrogen-bond donors (Lipinski definition) is 0. The highest BCUT2D eigenvalue weighted by Gasteiger charge is 2.26. The van der Waals surface area contributed by atoms with Gasteiger partial charge in [-0.2, -0.15) is 0 Å². The van der Waals surface area contributed by atoms with Crippen LogP contribution in [-0.4, -0.2) is 36.9 Å². The Bertz CT molecular complexity index is 793. The van der Waals surface area contributed by atoms with Crippen molar-refractivity contribution < 1.29 is 9.18 Å². The monoisotopic (exact) mass is 322 g/mol. The van der Waals surface area contributed by atoms with Crippen molar-refractivity contribution in [3.63, 3.8) is 0 Å². The maximum atomic E-state index is 13.3. The number of ketones is 1. The fourth-order valence-corrected chi connectivity index (χ4v) is 3.46. The summed E-state index contributed by atoms with van der Waals surface area (Å²) in [6, 6.07) is 14.8. The minimum absolute atomic E-state index is 0.0375. The van der Waals surface area contributed by atoms with Crippen molar-refractivity contribution in [3.05, 3.63) is 77.2 Å². The van der Waals surface area contributed by atoms with Gasteiger partial charge in [0.25, 0.3) is 0 Å². The average molecular weight is 322 g/mol. The molecule has 24 heavy (non-hydrogen) atoms. The first-order valence-electron chi connectivity index (χ1n) is 8.28. The first kappa shape index (κ1) is 14.9. The lowest BCUT2D eigenvalue weighted by atomic mass is 10.1. The van der Waals surface area contributed by atoms with Gasteiger partial charge in [-0.25, -0.2) is 4.39 Å². The summed E-state index contributed by atoms with van der Waals surface area (Å²) >= 11 is 0. The van der Waals surface area contributed by atoms with Gasteiger partial charge in [-0.3, -0.25) is 4.79 Å². The number of carbonyl (C=O) groups is 1. The van der Waals surface area contributed by atoms with Crippen molar-refractivity contribution in [3.8, 4) is 0 Å². The molecule has 122 valence electrons. The number of benzene rings is 2. The van der Waals surface area contributed by atoms with Crippen LogP contribution in [-0.2, 0) is 6.42 Å². The summed E-state index contributed by atoms with van der Waals surface area (Å²) in [7, 11) is 0. The molecule has 4 heteroatoms. The van der Waals surface area contributed by atoms with Crippen LogP contribution in [0.1, 0.15) is 15.9 Å². The Balaban J connectivity index is 1.44. The summed E-state index contributed by atoms with van der Waals surface area (Å²) < 4.78 is 13.3. The molecule has 2 aliphatic rings. The molecule has 0 amide bonds. The third-order valence-electron chi connectivity index (χ3n) is 4.76. The SMILES string of the molecule is O=C1/C(=C/N2CCN(c3ccccc3)CC2)Cc2cc(F)ccc21. The lowest BCUT2D eigenvalue weighted by molar-refractivity contribution is 0.103. The fourth-order valence-electron chi connectivity index (χ4n) is 3.46. The van der Waals surface area contributed by atoms with Crippen molar-refractivity contribution in [2.45, 2.75) is 6.42 Å². The smallest absolute Gasteiger partial charge is 0.191 e. The van der Waals surface area contributed by atoms with E-state index in [1.54, 1.807) is 6.07 Å². The number of carbonyl (C=O) groups excluding carboxylic acids is 1. The van der Waals surface area contributed by atoms with E-state index < -0.39 is 0 Å². The number of fused-ring (bicyclic) bond motifs is 1. The van der Waals surface area contributed by atoms with Gasteiger partial charge in [-0.1, -0.05) is 18.2 Å². The number of nitrogens with zero attached hydrogens (tertiary/aromatic N) is 2. The lowest BCUT2D eigenvalue weighted by Gasteiger charge is -2.35. The normalized spacial score (nSPS) is 19.0. The van der Waals surface area contributed by atoms with Crippen molar-refractivity contribution in [1.82, 2.24) is 4.90 Å². The Kier molecular flexibility index (Phi) is 3.81. The van der Waals surface area contributed by atoms with E-state index in [4.69, 9.17) is 0 Å². The van der Waals surface area contributed by atoms with Gasteiger partial charge in [0.05, 0.1) is 0 Å². The van der Waals surface area contributed by atoms with Gasteiger partial charge in [-0.05, 0) is 35.9 Å². The Morgan fingerprint density at radius 1 is 0.958 bits per heavy atom. The predicted octanol–water partition coefficient (Wildman–Crippen LogP) is 3.27. The van der Waals surface area contributed by atoms with Crippen molar-refractivity contribution in [2.24, 2.45) is 0 Å². The lowest BCUT2D eigenvalue weighted by Crippen LogP contribution is -2.44. The van der Waals surface area contributed by atoms with Gasteiger partial charge < -0.3 is 9.80 Å². The number of halogens is 1. The Labute approximate surface area is 141 Å². The van der Waals surface area contributed by atoms with E-state index in [0.717, 1.165) is 37.3 Å². The summed E-state index contributed by atoms with van der Waals surface area (Å²) in [5.74, 6) is -0.241. The van der Waals surface area contributed by atoms with Crippen LogP contribution in [0, 0.1) is 5.82 Å². The quantitative estimate of drug-likeness (QED) is 0.793.